The molecule has 0 aliphatic rings. The van der Waals surface area contributed by atoms with Crippen molar-refractivity contribution < 1.29 is 10.2 Å². The van der Waals surface area contributed by atoms with Crippen molar-refractivity contribution in [3.63, 3.8) is 0 Å². The highest BCUT2D eigenvalue weighted by atomic mass is 16.3. The quantitative estimate of drug-likeness (QED) is 0.725. The van der Waals surface area contributed by atoms with Crippen molar-refractivity contribution in [2.24, 2.45) is 0 Å². The van der Waals surface area contributed by atoms with E-state index in [1.165, 1.54) is 0 Å². The maximum absolute atomic E-state index is 10.4. The average molecular weight is 206 g/mol. The van der Waals surface area contributed by atoms with E-state index in [4.69, 9.17) is 0 Å². The second-order valence-corrected chi connectivity index (χ2v) is 3.94. The molecule has 0 unspecified atom stereocenters. The van der Waals surface area contributed by atoms with Crippen LogP contribution in [0.5, 0.6) is 0 Å². The lowest BCUT2D eigenvalue weighted by Crippen LogP contribution is -2.29. The van der Waals surface area contributed by atoms with Crippen molar-refractivity contribution in [3.05, 3.63) is 48.6 Å². The van der Waals surface area contributed by atoms with E-state index < -0.39 is 11.7 Å². The maximum Gasteiger partial charge on any atom is 0.0955 e. The maximum atomic E-state index is 10.4. The molecule has 0 amide bonds. The molecule has 15 heavy (non-hydrogen) atoms. The minimum absolute atomic E-state index is 0.322. The SMILES string of the molecule is C=CC[C@@](O)(C[C@H](C)O)c1ccccc1. The molecule has 2 atom stereocenters. The number of hydrogen-bond acceptors (Lipinski definition) is 2. The Labute approximate surface area is 90.9 Å². The summed E-state index contributed by atoms with van der Waals surface area (Å²) < 4.78 is 0. The summed E-state index contributed by atoms with van der Waals surface area (Å²) in [6.45, 7) is 5.31. The molecular weight excluding hydrogens is 188 g/mol. The van der Waals surface area contributed by atoms with Crippen LogP contribution in [0.2, 0.25) is 0 Å². The molecule has 2 N–H and O–H groups in total. The molecule has 0 spiro atoms. The Morgan fingerprint density at radius 3 is 2.47 bits per heavy atom. The third-order valence-electron chi connectivity index (χ3n) is 2.43. The molecule has 0 heterocycles. The summed E-state index contributed by atoms with van der Waals surface area (Å²) in [7, 11) is 0. The summed E-state index contributed by atoms with van der Waals surface area (Å²) in [6, 6.07) is 9.40. The summed E-state index contributed by atoms with van der Waals surface area (Å²) >= 11 is 0. The van der Waals surface area contributed by atoms with Crippen LogP contribution in [0.4, 0.5) is 0 Å². The van der Waals surface area contributed by atoms with Gasteiger partial charge in [-0.05, 0) is 18.9 Å². The second kappa shape index (κ2) is 5.10. The normalized spacial score (nSPS) is 16.7. The Kier molecular flexibility index (Phi) is 4.06. The van der Waals surface area contributed by atoms with Gasteiger partial charge in [0.1, 0.15) is 0 Å². The zero-order valence-corrected chi connectivity index (χ0v) is 9.06. The molecule has 0 saturated heterocycles. The molecule has 82 valence electrons. The molecule has 0 bridgehead atoms. The van der Waals surface area contributed by atoms with Gasteiger partial charge in [-0.3, -0.25) is 0 Å². The van der Waals surface area contributed by atoms with Crippen molar-refractivity contribution in [2.75, 3.05) is 0 Å². The molecular formula is C13H18O2. The first-order valence-corrected chi connectivity index (χ1v) is 5.15. The molecule has 0 radical (unpaired) electrons. The van der Waals surface area contributed by atoms with E-state index in [0.717, 1.165) is 5.56 Å². The van der Waals surface area contributed by atoms with E-state index in [1.54, 1.807) is 13.0 Å². The van der Waals surface area contributed by atoms with Gasteiger partial charge in [-0.15, -0.1) is 6.58 Å². The van der Waals surface area contributed by atoms with E-state index in [1.807, 2.05) is 30.3 Å². The van der Waals surface area contributed by atoms with Crippen molar-refractivity contribution in [1.29, 1.82) is 0 Å². The van der Waals surface area contributed by atoms with Crippen molar-refractivity contribution in [3.8, 4) is 0 Å². The van der Waals surface area contributed by atoms with Crippen LogP contribution < -0.4 is 0 Å². The van der Waals surface area contributed by atoms with Crippen LogP contribution in [-0.4, -0.2) is 16.3 Å². The molecule has 0 fully saturated rings. The molecule has 1 aromatic rings. The van der Waals surface area contributed by atoms with Gasteiger partial charge in [-0.2, -0.15) is 0 Å². The van der Waals surface area contributed by atoms with Gasteiger partial charge in [-0.25, -0.2) is 0 Å². The van der Waals surface area contributed by atoms with E-state index >= 15 is 0 Å². The first-order chi connectivity index (χ1) is 7.08. The standard InChI is InChI=1S/C13H18O2/c1-3-9-13(15,10-11(2)14)12-7-5-4-6-8-12/h3-8,11,14-15H,1,9-10H2,2H3/t11-,13+/m0/s1. The summed E-state index contributed by atoms with van der Waals surface area (Å²) in [5, 5.41) is 19.8. The van der Waals surface area contributed by atoms with E-state index in [-0.39, 0.29) is 0 Å². The van der Waals surface area contributed by atoms with Gasteiger partial charge < -0.3 is 10.2 Å². The van der Waals surface area contributed by atoms with Gasteiger partial charge >= 0.3 is 0 Å². The Morgan fingerprint density at radius 1 is 1.40 bits per heavy atom. The van der Waals surface area contributed by atoms with Crippen LogP contribution in [0, 0.1) is 0 Å². The van der Waals surface area contributed by atoms with Crippen LogP contribution in [0.1, 0.15) is 25.3 Å². The van der Waals surface area contributed by atoms with Gasteiger partial charge in [0.25, 0.3) is 0 Å². The lowest BCUT2D eigenvalue weighted by molar-refractivity contribution is -0.00794. The third-order valence-corrected chi connectivity index (χ3v) is 2.43. The zero-order chi connectivity index (χ0) is 11.3. The van der Waals surface area contributed by atoms with Gasteiger partial charge in [-0.1, -0.05) is 36.4 Å². The molecule has 2 nitrogen and oxygen atoms in total. The summed E-state index contributed by atoms with van der Waals surface area (Å²) in [5.74, 6) is 0. The smallest absolute Gasteiger partial charge is 0.0955 e. The van der Waals surface area contributed by atoms with Crippen molar-refractivity contribution in [1.82, 2.24) is 0 Å². The average Bonchev–Trinajstić information content (AvgIpc) is 2.18. The highest BCUT2D eigenvalue weighted by Crippen LogP contribution is 2.30. The first kappa shape index (κ1) is 12.0. The number of hydrogen-bond donors (Lipinski definition) is 2. The molecule has 0 aliphatic carbocycles. The number of aliphatic hydroxyl groups is 2. The third kappa shape index (κ3) is 3.18. The zero-order valence-electron chi connectivity index (χ0n) is 9.06. The molecule has 1 aromatic carbocycles. The van der Waals surface area contributed by atoms with Crippen molar-refractivity contribution in [2.45, 2.75) is 31.5 Å². The number of aliphatic hydroxyl groups excluding tert-OH is 1. The molecule has 0 aromatic heterocycles. The fourth-order valence-electron chi connectivity index (χ4n) is 1.79. The van der Waals surface area contributed by atoms with Gasteiger partial charge in [0.15, 0.2) is 0 Å². The van der Waals surface area contributed by atoms with Crippen LogP contribution in [0.3, 0.4) is 0 Å². The van der Waals surface area contributed by atoms with E-state index in [0.29, 0.717) is 12.8 Å². The topological polar surface area (TPSA) is 40.5 Å². The minimum atomic E-state index is -1.00. The highest BCUT2D eigenvalue weighted by Gasteiger charge is 2.29. The fraction of sp³-hybridized carbons (Fsp3) is 0.385. The predicted molar refractivity (Wildman–Crippen MR) is 61.5 cm³/mol. The largest absolute Gasteiger partial charge is 0.393 e. The minimum Gasteiger partial charge on any atom is -0.393 e. The Balaban J connectivity index is 2.95. The highest BCUT2D eigenvalue weighted by molar-refractivity contribution is 5.23. The summed E-state index contributed by atoms with van der Waals surface area (Å²) in [4.78, 5) is 0. The molecule has 0 aliphatic heterocycles. The van der Waals surface area contributed by atoms with Crippen LogP contribution in [-0.2, 0) is 5.60 Å². The van der Waals surface area contributed by atoms with Crippen molar-refractivity contribution >= 4 is 0 Å². The lowest BCUT2D eigenvalue weighted by Gasteiger charge is -2.28. The summed E-state index contributed by atoms with van der Waals surface area (Å²) in [5.41, 5.74) is -0.178. The van der Waals surface area contributed by atoms with E-state index in [2.05, 4.69) is 6.58 Å². The molecule has 1 rings (SSSR count). The lowest BCUT2D eigenvalue weighted by atomic mass is 9.85. The number of rotatable bonds is 5. The van der Waals surface area contributed by atoms with Crippen LogP contribution in [0.15, 0.2) is 43.0 Å². The number of benzene rings is 1. The Bertz CT molecular complexity index is 306. The van der Waals surface area contributed by atoms with Gasteiger partial charge in [0.2, 0.25) is 0 Å². The Morgan fingerprint density at radius 2 is 2.00 bits per heavy atom. The van der Waals surface area contributed by atoms with Gasteiger partial charge in [0.05, 0.1) is 11.7 Å². The monoisotopic (exact) mass is 206 g/mol. The predicted octanol–water partition coefficient (Wildman–Crippen LogP) is 2.22. The van der Waals surface area contributed by atoms with E-state index in [9.17, 15) is 10.2 Å². The molecule has 0 saturated carbocycles. The van der Waals surface area contributed by atoms with Crippen LogP contribution in [0.25, 0.3) is 0 Å². The summed E-state index contributed by atoms with van der Waals surface area (Å²) in [6.07, 6.45) is 1.91. The molecule has 2 heteroatoms. The van der Waals surface area contributed by atoms with Crippen LogP contribution >= 0.6 is 0 Å². The Hall–Kier alpha value is -1.12. The first-order valence-electron chi connectivity index (χ1n) is 5.15. The fourth-order valence-corrected chi connectivity index (χ4v) is 1.79. The van der Waals surface area contributed by atoms with Gasteiger partial charge in [0, 0.05) is 6.42 Å². The second-order valence-electron chi connectivity index (χ2n) is 3.94.